The normalized spacial score (nSPS) is 19.1. The highest BCUT2D eigenvalue weighted by Crippen LogP contribution is 2.31. The zero-order valence-corrected chi connectivity index (χ0v) is 9.68. The van der Waals surface area contributed by atoms with E-state index in [-0.39, 0.29) is 12.8 Å². The van der Waals surface area contributed by atoms with Gasteiger partial charge >= 0.3 is 0 Å². The molecule has 6 heteroatoms. The quantitative estimate of drug-likeness (QED) is 0.778. The lowest BCUT2D eigenvalue weighted by Crippen LogP contribution is -2.39. The molecule has 3 rings (SSSR count). The molecule has 0 N–H and O–H groups in total. The number of pyridine rings is 1. The standard InChI is InChI=1S/C12H12F2N4/c13-12(14)2-5-18(6-3-12)11-10-9(1-4-16-11)7-15-8-17-10/h1,4,7-8H,2-3,5-6H2. The number of anilines is 1. The molecule has 0 aliphatic carbocycles. The van der Waals surface area contributed by atoms with Gasteiger partial charge in [-0.1, -0.05) is 0 Å². The van der Waals surface area contributed by atoms with E-state index in [0.717, 1.165) is 10.9 Å². The Labute approximate surface area is 103 Å². The zero-order chi connectivity index (χ0) is 12.6. The lowest BCUT2D eigenvalue weighted by molar-refractivity contribution is -0.0221. The molecule has 0 bridgehead atoms. The molecule has 0 spiro atoms. The zero-order valence-electron chi connectivity index (χ0n) is 9.68. The highest BCUT2D eigenvalue weighted by Gasteiger charge is 2.34. The smallest absolute Gasteiger partial charge is 0.251 e. The lowest BCUT2D eigenvalue weighted by Gasteiger charge is -2.32. The molecule has 2 aromatic heterocycles. The predicted octanol–water partition coefficient (Wildman–Crippen LogP) is 2.26. The number of hydrogen-bond acceptors (Lipinski definition) is 4. The van der Waals surface area contributed by atoms with Crippen LogP contribution in [0, 0.1) is 0 Å². The molecule has 0 unspecified atom stereocenters. The van der Waals surface area contributed by atoms with Gasteiger partial charge in [-0.2, -0.15) is 0 Å². The van der Waals surface area contributed by atoms with Crippen LogP contribution in [-0.4, -0.2) is 34.0 Å². The van der Waals surface area contributed by atoms with Crippen molar-refractivity contribution < 1.29 is 8.78 Å². The molecule has 1 aliphatic rings. The Kier molecular flexibility index (Phi) is 2.57. The second-order valence-electron chi connectivity index (χ2n) is 4.44. The van der Waals surface area contributed by atoms with Crippen molar-refractivity contribution in [2.24, 2.45) is 0 Å². The summed E-state index contributed by atoms with van der Waals surface area (Å²) >= 11 is 0. The van der Waals surface area contributed by atoms with Crippen LogP contribution in [0.1, 0.15) is 12.8 Å². The summed E-state index contributed by atoms with van der Waals surface area (Å²) < 4.78 is 26.3. The summed E-state index contributed by atoms with van der Waals surface area (Å²) in [5.41, 5.74) is 0.720. The first kappa shape index (κ1) is 11.3. The van der Waals surface area contributed by atoms with Crippen molar-refractivity contribution in [3.63, 3.8) is 0 Å². The van der Waals surface area contributed by atoms with Crippen molar-refractivity contribution >= 4 is 16.7 Å². The average molecular weight is 250 g/mol. The van der Waals surface area contributed by atoms with Crippen LogP contribution in [0.15, 0.2) is 24.8 Å². The summed E-state index contributed by atoms with van der Waals surface area (Å²) in [5.74, 6) is -1.87. The Morgan fingerprint density at radius 2 is 1.94 bits per heavy atom. The van der Waals surface area contributed by atoms with Gasteiger partial charge in [0.25, 0.3) is 5.92 Å². The molecule has 0 aromatic carbocycles. The van der Waals surface area contributed by atoms with Gasteiger partial charge in [0.2, 0.25) is 0 Å². The largest absolute Gasteiger partial charge is 0.354 e. The number of halogens is 2. The van der Waals surface area contributed by atoms with Gasteiger partial charge < -0.3 is 4.90 Å². The van der Waals surface area contributed by atoms with Crippen LogP contribution in [-0.2, 0) is 0 Å². The predicted molar refractivity (Wildman–Crippen MR) is 63.7 cm³/mol. The molecule has 2 aromatic rings. The molecule has 0 radical (unpaired) electrons. The fraction of sp³-hybridized carbons (Fsp3) is 0.417. The van der Waals surface area contributed by atoms with E-state index in [1.165, 1.54) is 6.33 Å². The van der Waals surface area contributed by atoms with Gasteiger partial charge in [-0.25, -0.2) is 23.7 Å². The third kappa shape index (κ3) is 1.98. The summed E-state index contributed by atoms with van der Waals surface area (Å²) in [6.45, 7) is 0.617. The molecule has 94 valence electrons. The first-order chi connectivity index (χ1) is 8.66. The van der Waals surface area contributed by atoms with E-state index in [1.54, 1.807) is 12.4 Å². The first-order valence-electron chi connectivity index (χ1n) is 5.83. The van der Waals surface area contributed by atoms with Gasteiger partial charge in [-0.3, -0.25) is 0 Å². The minimum atomic E-state index is -2.55. The van der Waals surface area contributed by atoms with E-state index in [4.69, 9.17) is 0 Å². The lowest BCUT2D eigenvalue weighted by atomic mass is 10.1. The molecule has 0 atom stereocenters. The molecular weight excluding hydrogens is 238 g/mol. The number of alkyl halides is 2. The summed E-state index contributed by atoms with van der Waals surface area (Å²) in [6.07, 6.45) is 4.55. The maximum absolute atomic E-state index is 13.1. The Hall–Kier alpha value is -1.85. The number of aromatic nitrogens is 3. The number of fused-ring (bicyclic) bond motifs is 1. The van der Waals surface area contributed by atoms with Crippen LogP contribution < -0.4 is 4.90 Å². The van der Waals surface area contributed by atoms with Gasteiger partial charge in [-0.05, 0) is 6.07 Å². The molecule has 18 heavy (non-hydrogen) atoms. The van der Waals surface area contributed by atoms with Crippen LogP contribution in [0.4, 0.5) is 14.6 Å². The summed E-state index contributed by atoms with van der Waals surface area (Å²) in [6, 6.07) is 1.82. The average Bonchev–Trinajstić information content (AvgIpc) is 2.38. The summed E-state index contributed by atoms with van der Waals surface area (Å²) in [4.78, 5) is 14.3. The number of nitrogens with zero attached hydrogens (tertiary/aromatic N) is 4. The molecule has 4 nitrogen and oxygen atoms in total. The van der Waals surface area contributed by atoms with Gasteiger partial charge in [0.05, 0.1) is 0 Å². The molecule has 0 amide bonds. The van der Waals surface area contributed by atoms with Crippen LogP contribution >= 0.6 is 0 Å². The minimum Gasteiger partial charge on any atom is -0.354 e. The number of piperidine rings is 1. The third-order valence-corrected chi connectivity index (χ3v) is 3.20. The Morgan fingerprint density at radius 1 is 1.17 bits per heavy atom. The highest BCUT2D eigenvalue weighted by molar-refractivity contribution is 5.87. The molecular formula is C12H12F2N4. The maximum atomic E-state index is 13.1. The van der Waals surface area contributed by atoms with E-state index in [1.807, 2.05) is 11.0 Å². The summed E-state index contributed by atoms with van der Waals surface area (Å²) in [5, 5.41) is 0.875. The van der Waals surface area contributed by atoms with E-state index in [2.05, 4.69) is 15.0 Å². The Morgan fingerprint density at radius 3 is 2.72 bits per heavy atom. The van der Waals surface area contributed by atoms with Gasteiger partial charge in [0.15, 0.2) is 5.82 Å². The molecule has 1 saturated heterocycles. The molecule has 3 heterocycles. The second-order valence-corrected chi connectivity index (χ2v) is 4.44. The van der Waals surface area contributed by atoms with Crippen LogP contribution in [0.3, 0.4) is 0 Å². The Balaban J connectivity index is 1.96. The first-order valence-corrected chi connectivity index (χ1v) is 5.83. The minimum absolute atomic E-state index is 0.129. The van der Waals surface area contributed by atoms with Crippen LogP contribution in [0.5, 0.6) is 0 Å². The second kappa shape index (κ2) is 4.12. The fourth-order valence-corrected chi connectivity index (χ4v) is 2.18. The van der Waals surface area contributed by atoms with E-state index >= 15 is 0 Å². The molecule has 0 saturated carbocycles. The SMILES string of the molecule is FC1(F)CCN(c2nccc3cncnc23)CC1. The summed E-state index contributed by atoms with van der Waals surface area (Å²) in [7, 11) is 0. The van der Waals surface area contributed by atoms with Gasteiger partial charge in [-0.15, -0.1) is 0 Å². The van der Waals surface area contributed by atoms with Crippen molar-refractivity contribution in [1.29, 1.82) is 0 Å². The monoisotopic (exact) mass is 250 g/mol. The number of hydrogen-bond donors (Lipinski definition) is 0. The van der Waals surface area contributed by atoms with E-state index < -0.39 is 5.92 Å². The highest BCUT2D eigenvalue weighted by atomic mass is 19.3. The van der Waals surface area contributed by atoms with Crippen molar-refractivity contribution in [1.82, 2.24) is 15.0 Å². The van der Waals surface area contributed by atoms with Crippen LogP contribution in [0.25, 0.3) is 10.9 Å². The maximum Gasteiger partial charge on any atom is 0.251 e. The fourth-order valence-electron chi connectivity index (χ4n) is 2.18. The van der Waals surface area contributed by atoms with Crippen LogP contribution in [0.2, 0.25) is 0 Å². The van der Waals surface area contributed by atoms with E-state index in [0.29, 0.717) is 18.9 Å². The third-order valence-electron chi connectivity index (χ3n) is 3.20. The van der Waals surface area contributed by atoms with Crippen molar-refractivity contribution in [3.05, 3.63) is 24.8 Å². The van der Waals surface area contributed by atoms with Crippen molar-refractivity contribution in [3.8, 4) is 0 Å². The molecule has 1 fully saturated rings. The number of rotatable bonds is 1. The van der Waals surface area contributed by atoms with Crippen molar-refractivity contribution in [2.75, 3.05) is 18.0 Å². The van der Waals surface area contributed by atoms with Gasteiger partial charge in [0, 0.05) is 43.7 Å². The molecule has 1 aliphatic heterocycles. The van der Waals surface area contributed by atoms with Gasteiger partial charge in [0.1, 0.15) is 11.8 Å². The van der Waals surface area contributed by atoms with E-state index in [9.17, 15) is 8.78 Å². The van der Waals surface area contributed by atoms with Crippen molar-refractivity contribution in [2.45, 2.75) is 18.8 Å². The topological polar surface area (TPSA) is 41.9 Å². The Bertz CT molecular complexity index is 558.